The number of nitrogens with zero attached hydrogens (tertiary/aromatic N) is 3. The third-order valence-electron chi connectivity index (χ3n) is 7.14. The fourth-order valence-electron chi connectivity index (χ4n) is 5.14. The fraction of sp³-hybridized carbons (Fsp3) is 0.393. The zero-order valence-corrected chi connectivity index (χ0v) is 22.4. The minimum Gasteiger partial charge on any atom is -0.465 e. The van der Waals surface area contributed by atoms with Gasteiger partial charge in [0.1, 0.15) is 6.61 Å². The van der Waals surface area contributed by atoms with Crippen LogP contribution in [0.4, 0.5) is 21.9 Å². The van der Waals surface area contributed by atoms with Gasteiger partial charge in [-0.1, -0.05) is 12.1 Å². The summed E-state index contributed by atoms with van der Waals surface area (Å²) in [7, 11) is 0. The molecular weight excluding hydrogens is 536 g/mol. The predicted octanol–water partition coefficient (Wildman–Crippen LogP) is 1.39. The third kappa shape index (κ3) is 6.15. The van der Waals surface area contributed by atoms with Crippen molar-refractivity contribution in [1.29, 1.82) is 0 Å². The third-order valence-corrected chi connectivity index (χ3v) is 7.14. The number of morpholine rings is 2. The molecule has 0 bridgehead atoms. The van der Waals surface area contributed by atoms with Crippen LogP contribution in [0.2, 0.25) is 0 Å². The maximum absolute atomic E-state index is 13.6. The van der Waals surface area contributed by atoms with Gasteiger partial charge in [0.05, 0.1) is 13.2 Å². The summed E-state index contributed by atoms with van der Waals surface area (Å²) in [6.07, 6.45) is -3.48. The molecular formula is C28H30N4O9. The Morgan fingerprint density at radius 1 is 1.00 bits per heavy atom. The van der Waals surface area contributed by atoms with Gasteiger partial charge in [0.15, 0.2) is 6.10 Å². The van der Waals surface area contributed by atoms with Crippen molar-refractivity contribution in [2.45, 2.75) is 32.1 Å². The van der Waals surface area contributed by atoms with Gasteiger partial charge in [0, 0.05) is 50.2 Å². The van der Waals surface area contributed by atoms with Crippen molar-refractivity contribution in [3.8, 4) is 0 Å². The molecule has 41 heavy (non-hydrogen) atoms. The molecule has 2 saturated heterocycles. The van der Waals surface area contributed by atoms with Gasteiger partial charge in [0.2, 0.25) is 6.10 Å². The molecule has 5 rings (SSSR count). The summed E-state index contributed by atoms with van der Waals surface area (Å²) < 4.78 is 16.2. The molecule has 0 spiro atoms. The molecule has 0 aliphatic carbocycles. The van der Waals surface area contributed by atoms with Gasteiger partial charge in [-0.3, -0.25) is 19.2 Å². The van der Waals surface area contributed by atoms with Gasteiger partial charge in [0.25, 0.3) is 17.7 Å². The largest absolute Gasteiger partial charge is 0.465 e. The number of esters is 1. The monoisotopic (exact) mass is 566 g/mol. The van der Waals surface area contributed by atoms with E-state index in [0.717, 1.165) is 18.1 Å². The van der Waals surface area contributed by atoms with Crippen molar-refractivity contribution in [3.63, 3.8) is 0 Å². The van der Waals surface area contributed by atoms with Crippen LogP contribution in [0.3, 0.4) is 0 Å². The van der Waals surface area contributed by atoms with E-state index in [9.17, 15) is 29.1 Å². The Balaban J connectivity index is 1.33. The zero-order chi connectivity index (χ0) is 29.1. The second-order valence-electron chi connectivity index (χ2n) is 9.86. The first-order valence-electron chi connectivity index (χ1n) is 13.2. The summed E-state index contributed by atoms with van der Waals surface area (Å²) in [6.45, 7) is 2.76. The highest BCUT2D eigenvalue weighted by atomic mass is 16.6. The quantitative estimate of drug-likeness (QED) is 0.494. The van der Waals surface area contributed by atoms with Crippen LogP contribution < -0.4 is 15.1 Å². The number of nitrogens with one attached hydrogen (secondary N) is 1. The molecule has 2 atom stereocenters. The summed E-state index contributed by atoms with van der Waals surface area (Å²) in [5, 5.41) is 12.0. The van der Waals surface area contributed by atoms with Crippen LogP contribution in [0.1, 0.15) is 18.1 Å². The standard InChI is InChI=1S/C28H30N4O9/c1-17(33)41-24(26(35)29-20-6-5-19-15-30(28(37)38)8-7-18(19)13-20)25-27(36)32(10-12-40-25)22-4-2-3-21(14-22)31-9-11-39-16-23(31)34/h2-6,13-14,24-25H,7-12,15-16H2,1H3,(H,29,35)(H,37,38)/t24-,25-/m1/s1. The highest BCUT2D eigenvalue weighted by Gasteiger charge is 2.43. The van der Waals surface area contributed by atoms with E-state index < -0.39 is 36.1 Å². The number of benzene rings is 2. The van der Waals surface area contributed by atoms with Gasteiger partial charge < -0.3 is 39.3 Å². The Labute approximate surface area is 235 Å². The number of anilines is 3. The Bertz CT molecular complexity index is 1380. The molecule has 3 heterocycles. The molecule has 0 aromatic heterocycles. The van der Waals surface area contributed by atoms with Crippen LogP contribution >= 0.6 is 0 Å². The predicted molar refractivity (Wildman–Crippen MR) is 144 cm³/mol. The number of carboxylic acid groups (broad SMARTS) is 1. The van der Waals surface area contributed by atoms with Crippen LogP contribution in [-0.4, -0.2) is 91.5 Å². The fourth-order valence-corrected chi connectivity index (χ4v) is 5.14. The highest BCUT2D eigenvalue weighted by Crippen LogP contribution is 2.28. The minimum absolute atomic E-state index is 0.0209. The number of carbonyl (C=O) groups is 5. The molecule has 0 saturated carbocycles. The van der Waals surface area contributed by atoms with E-state index in [0.29, 0.717) is 43.2 Å². The van der Waals surface area contributed by atoms with Crippen molar-refractivity contribution >= 4 is 46.8 Å². The second kappa shape index (κ2) is 11.9. The summed E-state index contributed by atoms with van der Waals surface area (Å²) in [5.41, 5.74) is 3.25. The lowest BCUT2D eigenvalue weighted by molar-refractivity contribution is -0.167. The second-order valence-corrected chi connectivity index (χ2v) is 9.86. The van der Waals surface area contributed by atoms with Gasteiger partial charge in [-0.15, -0.1) is 0 Å². The first-order valence-corrected chi connectivity index (χ1v) is 13.2. The number of amides is 4. The van der Waals surface area contributed by atoms with Crippen molar-refractivity contribution in [3.05, 3.63) is 53.6 Å². The minimum atomic E-state index is -1.56. The lowest BCUT2D eigenvalue weighted by Gasteiger charge is -2.36. The van der Waals surface area contributed by atoms with E-state index in [-0.39, 0.29) is 32.2 Å². The SMILES string of the molecule is CC(=O)O[C@@H](C(=O)Nc1ccc2c(c1)CCN(C(=O)O)C2)[C@H]1OCCN(c2cccc(N3CCOCC3=O)c2)C1=O. The maximum atomic E-state index is 13.6. The lowest BCUT2D eigenvalue weighted by Crippen LogP contribution is -2.56. The Kier molecular flexibility index (Phi) is 8.17. The first-order chi connectivity index (χ1) is 19.7. The highest BCUT2D eigenvalue weighted by molar-refractivity contribution is 6.05. The van der Waals surface area contributed by atoms with E-state index in [2.05, 4.69) is 5.32 Å². The van der Waals surface area contributed by atoms with E-state index >= 15 is 0 Å². The molecule has 2 aromatic rings. The number of rotatable bonds is 6. The number of carbonyl (C=O) groups excluding carboxylic acids is 4. The molecule has 2 fully saturated rings. The summed E-state index contributed by atoms with van der Waals surface area (Å²) in [6, 6.07) is 12.0. The zero-order valence-electron chi connectivity index (χ0n) is 22.4. The van der Waals surface area contributed by atoms with Crippen LogP contribution in [0.25, 0.3) is 0 Å². The Morgan fingerprint density at radius 2 is 1.76 bits per heavy atom. The summed E-state index contributed by atoms with van der Waals surface area (Å²) in [5.74, 6) is -2.25. The van der Waals surface area contributed by atoms with Gasteiger partial charge in [-0.05, 0) is 47.9 Å². The van der Waals surface area contributed by atoms with Crippen LogP contribution in [-0.2, 0) is 46.4 Å². The smallest absolute Gasteiger partial charge is 0.407 e. The van der Waals surface area contributed by atoms with E-state index in [1.54, 1.807) is 47.4 Å². The first kappa shape index (κ1) is 28.1. The molecule has 2 N–H and O–H groups in total. The normalized spacial score (nSPS) is 19.8. The van der Waals surface area contributed by atoms with Crippen molar-refractivity contribution in [1.82, 2.24) is 4.90 Å². The lowest BCUT2D eigenvalue weighted by atomic mass is 9.99. The average molecular weight is 567 g/mol. The van der Waals surface area contributed by atoms with Crippen LogP contribution in [0.15, 0.2) is 42.5 Å². The van der Waals surface area contributed by atoms with Crippen molar-refractivity contribution in [2.75, 3.05) is 54.6 Å². The van der Waals surface area contributed by atoms with E-state index in [1.807, 2.05) is 0 Å². The number of hydrogen-bond donors (Lipinski definition) is 2. The maximum Gasteiger partial charge on any atom is 0.407 e. The van der Waals surface area contributed by atoms with E-state index in [4.69, 9.17) is 14.2 Å². The molecule has 2 aromatic carbocycles. The van der Waals surface area contributed by atoms with Crippen molar-refractivity contribution in [2.24, 2.45) is 0 Å². The number of fused-ring (bicyclic) bond motifs is 1. The van der Waals surface area contributed by atoms with E-state index in [1.165, 1.54) is 9.80 Å². The molecule has 0 radical (unpaired) electrons. The molecule has 3 aliphatic rings. The average Bonchev–Trinajstić information content (AvgIpc) is 2.96. The van der Waals surface area contributed by atoms with Gasteiger partial charge >= 0.3 is 12.1 Å². The summed E-state index contributed by atoms with van der Waals surface area (Å²) >= 11 is 0. The van der Waals surface area contributed by atoms with Crippen LogP contribution in [0.5, 0.6) is 0 Å². The topological polar surface area (TPSA) is 155 Å². The molecule has 0 unspecified atom stereocenters. The number of hydrogen-bond acceptors (Lipinski definition) is 8. The molecule has 4 amide bonds. The molecule has 13 nitrogen and oxygen atoms in total. The molecule has 3 aliphatic heterocycles. The van der Waals surface area contributed by atoms with Gasteiger partial charge in [-0.2, -0.15) is 0 Å². The molecule has 216 valence electrons. The van der Waals surface area contributed by atoms with Crippen molar-refractivity contribution < 1.29 is 43.3 Å². The Hall–Kier alpha value is -4.49. The molecule has 13 heteroatoms. The number of ether oxygens (including phenoxy) is 3. The van der Waals surface area contributed by atoms with Crippen LogP contribution in [0, 0.1) is 0 Å². The summed E-state index contributed by atoms with van der Waals surface area (Å²) in [4.78, 5) is 66.9. The Morgan fingerprint density at radius 3 is 2.49 bits per heavy atom. The van der Waals surface area contributed by atoms with Gasteiger partial charge in [-0.25, -0.2) is 4.79 Å².